The molecule has 1 aromatic heterocycles. The maximum absolute atomic E-state index is 5.57. The molecule has 0 saturated carbocycles. The van der Waals surface area contributed by atoms with Gasteiger partial charge in [0.1, 0.15) is 11.5 Å². The molecule has 4 heteroatoms. The summed E-state index contributed by atoms with van der Waals surface area (Å²) in [6, 6.07) is 8.08. The van der Waals surface area contributed by atoms with Crippen LogP contribution >= 0.6 is 31.9 Å². The Hall–Kier alpha value is -0.740. The average molecular weight is 374 g/mol. The number of furan rings is 1. The lowest BCUT2D eigenvalue weighted by atomic mass is 10.0. The van der Waals surface area contributed by atoms with Gasteiger partial charge in [-0.05, 0) is 58.6 Å². The molecule has 0 aliphatic heterocycles. The third-order valence-corrected chi connectivity index (χ3v) is 4.23. The second-order valence-corrected chi connectivity index (χ2v) is 5.89. The minimum absolute atomic E-state index is 0.0482. The van der Waals surface area contributed by atoms with Crippen molar-refractivity contribution in [2.75, 3.05) is 7.11 Å². The summed E-state index contributed by atoms with van der Waals surface area (Å²) in [6.07, 6.45) is 0. The highest BCUT2D eigenvalue weighted by atomic mass is 79.9. The third-order valence-electron chi connectivity index (χ3n) is 2.82. The Bertz CT molecular complexity index is 538. The average Bonchev–Trinajstić information content (AvgIpc) is 2.74. The molecule has 1 heterocycles. The molecule has 2 rings (SSSR count). The second-order valence-electron chi connectivity index (χ2n) is 4.19. The zero-order valence-electron chi connectivity index (χ0n) is 10.5. The van der Waals surface area contributed by atoms with E-state index in [2.05, 4.69) is 44.0 Å². The van der Waals surface area contributed by atoms with Gasteiger partial charge < -0.3 is 9.15 Å². The number of ether oxygens (including phenoxy) is 1. The van der Waals surface area contributed by atoms with Gasteiger partial charge in [-0.3, -0.25) is 0 Å². The van der Waals surface area contributed by atoms with Crippen molar-refractivity contribution in [3.05, 3.63) is 51.4 Å². The van der Waals surface area contributed by atoms with E-state index in [9.17, 15) is 0 Å². The number of aryl methyl sites for hydroxylation is 2. The van der Waals surface area contributed by atoms with Crippen LogP contribution in [-0.2, 0) is 0 Å². The highest BCUT2D eigenvalue weighted by Crippen LogP contribution is 2.36. The summed E-state index contributed by atoms with van der Waals surface area (Å²) in [7, 11) is 1.70. The number of benzene rings is 1. The summed E-state index contributed by atoms with van der Waals surface area (Å²) in [6.45, 7) is 4.10. The largest absolute Gasteiger partial charge is 0.496 e. The number of hydrogen-bond acceptors (Lipinski definition) is 2. The van der Waals surface area contributed by atoms with E-state index >= 15 is 0 Å². The van der Waals surface area contributed by atoms with Crippen molar-refractivity contribution in [1.82, 2.24) is 0 Å². The van der Waals surface area contributed by atoms with E-state index in [1.165, 1.54) is 0 Å². The van der Waals surface area contributed by atoms with Crippen LogP contribution in [0.25, 0.3) is 0 Å². The predicted molar refractivity (Wildman–Crippen MR) is 79.6 cm³/mol. The normalized spacial score (nSPS) is 12.5. The van der Waals surface area contributed by atoms with Crippen LogP contribution in [-0.4, -0.2) is 7.11 Å². The van der Waals surface area contributed by atoms with Crippen LogP contribution in [0.4, 0.5) is 0 Å². The molecule has 18 heavy (non-hydrogen) atoms. The van der Waals surface area contributed by atoms with Crippen LogP contribution < -0.4 is 4.74 Å². The van der Waals surface area contributed by atoms with E-state index in [0.29, 0.717) is 0 Å². The highest BCUT2D eigenvalue weighted by molar-refractivity contribution is 9.10. The molecular weight excluding hydrogens is 360 g/mol. The van der Waals surface area contributed by atoms with Crippen LogP contribution in [0.15, 0.2) is 33.4 Å². The molecule has 0 amide bonds. The minimum atomic E-state index is 0.0482. The van der Waals surface area contributed by atoms with Crippen LogP contribution in [0.1, 0.15) is 27.3 Å². The van der Waals surface area contributed by atoms with Gasteiger partial charge in [-0.2, -0.15) is 0 Å². The Kier molecular flexibility index (Phi) is 4.17. The highest BCUT2D eigenvalue weighted by Gasteiger charge is 2.16. The predicted octanol–water partition coefficient (Wildman–Crippen LogP) is 5.15. The standard InChI is InChI=1S/C14H14Br2O2/c1-8-6-10(7-9(2)14(8)17-3)13(16)11-4-5-12(15)18-11/h4-7,13H,1-3H3. The second kappa shape index (κ2) is 5.49. The topological polar surface area (TPSA) is 22.4 Å². The lowest BCUT2D eigenvalue weighted by molar-refractivity contribution is 0.408. The fourth-order valence-corrected chi connectivity index (χ4v) is 2.91. The zero-order chi connectivity index (χ0) is 13.3. The van der Waals surface area contributed by atoms with Crippen molar-refractivity contribution >= 4 is 31.9 Å². The van der Waals surface area contributed by atoms with Crippen molar-refractivity contribution in [2.24, 2.45) is 0 Å². The molecule has 0 saturated heterocycles. The Morgan fingerprint density at radius 3 is 2.22 bits per heavy atom. The molecule has 2 nitrogen and oxygen atoms in total. The molecule has 0 bridgehead atoms. The molecule has 1 unspecified atom stereocenters. The van der Waals surface area contributed by atoms with Crippen LogP contribution in [0.2, 0.25) is 0 Å². The fourth-order valence-electron chi connectivity index (χ4n) is 2.08. The van der Waals surface area contributed by atoms with Crippen LogP contribution in [0, 0.1) is 13.8 Å². The van der Waals surface area contributed by atoms with Crippen molar-refractivity contribution in [1.29, 1.82) is 0 Å². The Labute approximate surface area is 124 Å². The van der Waals surface area contributed by atoms with Gasteiger partial charge in [-0.25, -0.2) is 0 Å². The fraction of sp³-hybridized carbons (Fsp3) is 0.286. The molecule has 0 N–H and O–H groups in total. The molecule has 2 aromatic rings. The quantitative estimate of drug-likeness (QED) is 0.694. The zero-order valence-corrected chi connectivity index (χ0v) is 13.6. The van der Waals surface area contributed by atoms with Crippen LogP contribution in [0.3, 0.4) is 0 Å². The minimum Gasteiger partial charge on any atom is -0.496 e. The summed E-state index contributed by atoms with van der Waals surface area (Å²) in [5.74, 6) is 1.82. The van der Waals surface area contributed by atoms with Gasteiger partial charge in [0.15, 0.2) is 4.67 Å². The number of halogens is 2. The Morgan fingerprint density at radius 2 is 1.78 bits per heavy atom. The van der Waals surface area contributed by atoms with Gasteiger partial charge in [-0.15, -0.1) is 0 Å². The number of methoxy groups -OCH3 is 1. The molecule has 0 spiro atoms. The summed E-state index contributed by atoms with van der Waals surface area (Å²) in [5.41, 5.74) is 3.41. The smallest absolute Gasteiger partial charge is 0.169 e. The van der Waals surface area contributed by atoms with Crippen molar-refractivity contribution < 1.29 is 9.15 Å². The maximum Gasteiger partial charge on any atom is 0.169 e. The van der Waals surface area contributed by atoms with Gasteiger partial charge in [0, 0.05) is 0 Å². The molecule has 0 aliphatic carbocycles. The van der Waals surface area contributed by atoms with Gasteiger partial charge in [0.05, 0.1) is 11.9 Å². The monoisotopic (exact) mass is 372 g/mol. The molecule has 0 aliphatic rings. The van der Waals surface area contributed by atoms with E-state index in [1.54, 1.807) is 7.11 Å². The maximum atomic E-state index is 5.57. The summed E-state index contributed by atoms with van der Waals surface area (Å²) in [4.78, 5) is 0.0482. The first kappa shape index (κ1) is 13.7. The van der Waals surface area contributed by atoms with Crippen molar-refractivity contribution in [3.63, 3.8) is 0 Å². The third kappa shape index (κ3) is 2.64. The van der Waals surface area contributed by atoms with Crippen molar-refractivity contribution in [3.8, 4) is 5.75 Å². The van der Waals surface area contributed by atoms with Crippen LogP contribution in [0.5, 0.6) is 5.75 Å². The molecule has 1 atom stereocenters. The number of rotatable bonds is 3. The molecule has 96 valence electrons. The first-order valence-electron chi connectivity index (χ1n) is 5.57. The number of hydrogen-bond donors (Lipinski definition) is 0. The molecule has 0 fully saturated rings. The van der Waals surface area contributed by atoms with E-state index in [4.69, 9.17) is 9.15 Å². The van der Waals surface area contributed by atoms with Gasteiger partial charge in [0.2, 0.25) is 0 Å². The molecular formula is C14H14Br2O2. The van der Waals surface area contributed by atoms with Crippen molar-refractivity contribution in [2.45, 2.75) is 18.7 Å². The molecule has 0 radical (unpaired) electrons. The van der Waals surface area contributed by atoms with E-state index in [-0.39, 0.29) is 4.83 Å². The summed E-state index contributed by atoms with van der Waals surface area (Å²) < 4.78 is 11.7. The SMILES string of the molecule is COc1c(C)cc(C(Br)c2ccc(Br)o2)cc1C. The first-order valence-corrected chi connectivity index (χ1v) is 7.28. The summed E-state index contributed by atoms with van der Waals surface area (Å²) in [5, 5.41) is 0. The van der Waals surface area contributed by atoms with Gasteiger partial charge in [0.25, 0.3) is 0 Å². The summed E-state index contributed by atoms with van der Waals surface area (Å²) >= 11 is 6.98. The molecule has 1 aromatic carbocycles. The van der Waals surface area contributed by atoms with Gasteiger partial charge in [-0.1, -0.05) is 28.1 Å². The first-order chi connectivity index (χ1) is 8.52. The van der Waals surface area contributed by atoms with Gasteiger partial charge >= 0.3 is 0 Å². The van der Waals surface area contributed by atoms with E-state index in [0.717, 1.165) is 32.9 Å². The Balaban J connectivity index is 2.40. The lowest BCUT2D eigenvalue weighted by Crippen LogP contribution is -1.96. The van der Waals surface area contributed by atoms with E-state index in [1.807, 2.05) is 26.0 Å². The Morgan fingerprint density at radius 1 is 1.17 bits per heavy atom. The number of alkyl halides is 1. The lowest BCUT2D eigenvalue weighted by Gasteiger charge is -2.14. The van der Waals surface area contributed by atoms with E-state index < -0.39 is 0 Å².